The second-order valence-corrected chi connectivity index (χ2v) is 7.57. The fourth-order valence-electron chi connectivity index (χ4n) is 3.48. The lowest BCUT2D eigenvalue weighted by Crippen LogP contribution is -2.48. The number of fused-ring (bicyclic) bond motifs is 1. The van der Waals surface area contributed by atoms with Crippen LogP contribution in [0.4, 0.5) is 0 Å². The maximum Gasteiger partial charge on any atom is 0.259 e. The molecule has 3 rings (SSSR count). The first-order valence-electron chi connectivity index (χ1n) is 7.94. The smallest absolute Gasteiger partial charge is 0.259 e. The average Bonchev–Trinajstić information content (AvgIpc) is 2.74. The maximum atomic E-state index is 12.4. The normalized spacial score (nSPS) is 23.3. The Morgan fingerprint density at radius 3 is 2.95 bits per heavy atom. The SMILES string of the molecule is Cc1sc2nc(CN3CCCC(C)C3CN)[nH]c(=O)c2c1C. The molecule has 0 aliphatic carbocycles. The number of hydrogen-bond acceptors (Lipinski definition) is 5. The van der Waals surface area contributed by atoms with Crippen molar-refractivity contribution in [2.45, 2.75) is 46.2 Å². The third kappa shape index (κ3) is 2.71. The zero-order valence-corrected chi connectivity index (χ0v) is 14.3. The number of nitrogens with two attached hydrogens (primary N) is 1. The van der Waals surface area contributed by atoms with Gasteiger partial charge in [0.1, 0.15) is 10.7 Å². The van der Waals surface area contributed by atoms with E-state index in [0.717, 1.165) is 33.0 Å². The summed E-state index contributed by atoms with van der Waals surface area (Å²) in [4.78, 5) is 24.4. The van der Waals surface area contributed by atoms with Crippen LogP contribution in [0.15, 0.2) is 4.79 Å². The molecule has 6 heteroatoms. The third-order valence-corrected chi connectivity index (χ3v) is 6.01. The van der Waals surface area contributed by atoms with Gasteiger partial charge in [-0.25, -0.2) is 4.98 Å². The number of thiophene rings is 1. The Hall–Kier alpha value is -1.24. The van der Waals surface area contributed by atoms with Crippen LogP contribution < -0.4 is 11.3 Å². The van der Waals surface area contributed by atoms with E-state index < -0.39 is 0 Å². The van der Waals surface area contributed by atoms with Crippen molar-refractivity contribution in [3.05, 3.63) is 26.6 Å². The highest BCUT2D eigenvalue weighted by atomic mass is 32.1. The second kappa shape index (κ2) is 6.10. The molecule has 1 aliphatic heterocycles. The Bertz CT molecular complexity index is 736. The molecule has 2 aromatic rings. The number of H-pyrrole nitrogens is 1. The van der Waals surface area contributed by atoms with Crippen LogP contribution in [0, 0.1) is 19.8 Å². The first-order chi connectivity index (χ1) is 10.5. The molecule has 0 radical (unpaired) electrons. The highest BCUT2D eigenvalue weighted by Gasteiger charge is 2.28. The van der Waals surface area contributed by atoms with Gasteiger partial charge >= 0.3 is 0 Å². The van der Waals surface area contributed by atoms with Gasteiger partial charge in [-0.05, 0) is 44.7 Å². The largest absolute Gasteiger partial charge is 0.329 e. The monoisotopic (exact) mass is 320 g/mol. The van der Waals surface area contributed by atoms with Crippen LogP contribution in [0.3, 0.4) is 0 Å². The molecule has 2 unspecified atom stereocenters. The van der Waals surface area contributed by atoms with Gasteiger partial charge in [0, 0.05) is 17.5 Å². The lowest BCUT2D eigenvalue weighted by molar-refractivity contribution is 0.0964. The van der Waals surface area contributed by atoms with E-state index in [4.69, 9.17) is 5.73 Å². The number of aromatic nitrogens is 2. The van der Waals surface area contributed by atoms with E-state index in [0.29, 0.717) is 25.0 Å². The van der Waals surface area contributed by atoms with E-state index in [1.54, 1.807) is 11.3 Å². The van der Waals surface area contributed by atoms with Crippen molar-refractivity contribution in [3.63, 3.8) is 0 Å². The van der Waals surface area contributed by atoms with E-state index in [1.165, 1.54) is 12.8 Å². The molecular formula is C16H24N4OS. The summed E-state index contributed by atoms with van der Waals surface area (Å²) in [6, 6.07) is 0.376. The highest BCUT2D eigenvalue weighted by Crippen LogP contribution is 2.27. The molecule has 1 fully saturated rings. The van der Waals surface area contributed by atoms with E-state index in [9.17, 15) is 4.79 Å². The minimum Gasteiger partial charge on any atom is -0.329 e. The standard InChI is InChI=1S/C16H24N4OS/c1-9-5-4-6-20(12(9)7-17)8-13-18-15(21)14-10(2)11(3)22-16(14)19-13/h9,12H,4-8,17H2,1-3H3,(H,18,19,21). The fraction of sp³-hybridized carbons (Fsp3) is 0.625. The Labute approximate surface area is 134 Å². The van der Waals surface area contributed by atoms with Gasteiger partial charge < -0.3 is 10.7 Å². The molecule has 3 heterocycles. The van der Waals surface area contributed by atoms with Crippen LogP contribution in [-0.2, 0) is 6.54 Å². The zero-order chi connectivity index (χ0) is 15.9. The Kier molecular flexibility index (Phi) is 4.34. The number of aryl methyl sites for hydroxylation is 2. The molecule has 0 bridgehead atoms. The van der Waals surface area contributed by atoms with Crippen molar-refractivity contribution in [2.24, 2.45) is 11.7 Å². The Morgan fingerprint density at radius 1 is 1.45 bits per heavy atom. The number of aromatic amines is 1. The summed E-state index contributed by atoms with van der Waals surface area (Å²) in [5.74, 6) is 1.35. The number of likely N-dealkylation sites (tertiary alicyclic amines) is 1. The lowest BCUT2D eigenvalue weighted by atomic mass is 9.91. The third-order valence-electron chi connectivity index (χ3n) is 4.91. The first-order valence-corrected chi connectivity index (χ1v) is 8.76. The maximum absolute atomic E-state index is 12.4. The van der Waals surface area contributed by atoms with Gasteiger partial charge in [0.15, 0.2) is 0 Å². The average molecular weight is 320 g/mol. The molecule has 3 N–H and O–H groups in total. The molecule has 22 heavy (non-hydrogen) atoms. The van der Waals surface area contributed by atoms with Crippen molar-refractivity contribution >= 4 is 21.6 Å². The van der Waals surface area contributed by atoms with E-state index in [2.05, 4.69) is 21.8 Å². The van der Waals surface area contributed by atoms with Gasteiger partial charge in [-0.15, -0.1) is 11.3 Å². The first kappa shape index (κ1) is 15.6. The van der Waals surface area contributed by atoms with Crippen LogP contribution >= 0.6 is 11.3 Å². The molecule has 2 atom stereocenters. The minimum atomic E-state index is -0.0174. The lowest BCUT2D eigenvalue weighted by Gasteiger charge is -2.39. The number of nitrogens with one attached hydrogen (secondary N) is 1. The molecule has 0 spiro atoms. The van der Waals surface area contributed by atoms with Crippen LogP contribution in [0.5, 0.6) is 0 Å². The van der Waals surface area contributed by atoms with Gasteiger partial charge in [0.25, 0.3) is 5.56 Å². The van der Waals surface area contributed by atoms with Crippen LogP contribution in [0.2, 0.25) is 0 Å². The summed E-state index contributed by atoms with van der Waals surface area (Å²) in [6.07, 6.45) is 2.41. The van der Waals surface area contributed by atoms with Crippen molar-refractivity contribution in [3.8, 4) is 0 Å². The van der Waals surface area contributed by atoms with E-state index in [1.807, 2.05) is 13.8 Å². The zero-order valence-electron chi connectivity index (χ0n) is 13.5. The molecular weight excluding hydrogens is 296 g/mol. The van der Waals surface area contributed by atoms with Crippen LogP contribution in [0.1, 0.15) is 36.0 Å². The summed E-state index contributed by atoms with van der Waals surface area (Å²) in [5, 5.41) is 0.744. The minimum absolute atomic E-state index is 0.0174. The molecule has 120 valence electrons. The Morgan fingerprint density at radius 2 is 2.23 bits per heavy atom. The second-order valence-electron chi connectivity index (χ2n) is 6.37. The van der Waals surface area contributed by atoms with Gasteiger partial charge in [-0.1, -0.05) is 6.92 Å². The fourth-order valence-corrected chi connectivity index (χ4v) is 4.53. The van der Waals surface area contributed by atoms with Crippen LogP contribution in [-0.4, -0.2) is 34.0 Å². The number of piperidine rings is 1. The summed E-state index contributed by atoms with van der Waals surface area (Å²) < 4.78 is 0. The number of nitrogens with zero attached hydrogens (tertiary/aromatic N) is 2. The van der Waals surface area contributed by atoms with E-state index in [-0.39, 0.29) is 5.56 Å². The van der Waals surface area contributed by atoms with Crippen LogP contribution in [0.25, 0.3) is 10.2 Å². The van der Waals surface area contributed by atoms with Gasteiger partial charge in [0.05, 0.1) is 11.9 Å². The topological polar surface area (TPSA) is 75.0 Å². The predicted molar refractivity (Wildman–Crippen MR) is 91.4 cm³/mol. The summed E-state index contributed by atoms with van der Waals surface area (Å²) in [6.45, 7) is 8.64. The van der Waals surface area contributed by atoms with E-state index >= 15 is 0 Å². The molecule has 5 nitrogen and oxygen atoms in total. The Balaban J connectivity index is 1.92. The molecule has 1 aliphatic rings. The van der Waals surface area contributed by atoms with Gasteiger partial charge in [0.2, 0.25) is 0 Å². The summed E-state index contributed by atoms with van der Waals surface area (Å²) in [5.41, 5.74) is 6.98. The van der Waals surface area contributed by atoms with Gasteiger partial charge in [-0.3, -0.25) is 9.69 Å². The molecule has 2 aromatic heterocycles. The van der Waals surface area contributed by atoms with Gasteiger partial charge in [-0.2, -0.15) is 0 Å². The summed E-state index contributed by atoms with van der Waals surface area (Å²) >= 11 is 1.60. The molecule has 0 amide bonds. The van der Waals surface area contributed by atoms with Crippen molar-refractivity contribution in [1.82, 2.24) is 14.9 Å². The highest BCUT2D eigenvalue weighted by molar-refractivity contribution is 7.18. The number of rotatable bonds is 3. The summed E-state index contributed by atoms with van der Waals surface area (Å²) in [7, 11) is 0. The molecule has 0 aromatic carbocycles. The van der Waals surface area contributed by atoms with Crippen molar-refractivity contribution in [2.75, 3.05) is 13.1 Å². The number of hydrogen-bond donors (Lipinski definition) is 2. The molecule has 1 saturated heterocycles. The predicted octanol–water partition coefficient (Wildman–Crippen LogP) is 2.16. The molecule has 0 saturated carbocycles. The van der Waals surface area contributed by atoms with Crippen molar-refractivity contribution < 1.29 is 0 Å². The van der Waals surface area contributed by atoms with Crippen molar-refractivity contribution in [1.29, 1.82) is 0 Å². The quantitative estimate of drug-likeness (QED) is 0.909.